The number of allylic oxidation sites excluding steroid dienone is 2. The van der Waals surface area contributed by atoms with Crippen molar-refractivity contribution in [2.75, 3.05) is 13.2 Å². The molecule has 0 bridgehead atoms. The van der Waals surface area contributed by atoms with Crippen LogP contribution in [0, 0.1) is 0 Å². The Morgan fingerprint density at radius 3 is 1.96 bits per heavy atom. The predicted molar refractivity (Wildman–Crippen MR) is 112 cm³/mol. The lowest BCUT2D eigenvalue weighted by Crippen LogP contribution is -2.63. The van der Waals surface area contributed by atoms with Crippen LogP contribution < -0.4 is 5.32 Å². The molecular weight excluding hydrogens is 358 g/mol. The Balaban J connectivity index is 1.94. The summed E-state index contributed by atoms with van der Waals surface area (Å²) in [6, 6.07) is -0.730. The Morgan fingerprint density at radius 2 is 1.36 bits per heavy atom. The van der Waals surface area contributed by atoms with Crippen molar-refractivity contribution in [2.45, 2.75) is 115 Å². The van der Waals surface area contributed by atoms with Crippen LogP contribution in [0.4, 0.5) is 0 Å². The molecule has 28 heavy (non-hydrogen) atoms. The Labute approximate surface area is 171 Å². The van der Waals surface area contributed by atoms with Crippen molar-refractivity contribution in [1.82, 2.24) is 5.32 Å². The zero-order valence-electron chi connectivity index (χ0n) is 17.6. The Hall–Kier alpha value is -0.500. The molecule has 0 radical (unpaired) electrons. The summed E-state index contributed by atoms with van der Waals surface area (Å²) in [5.41, 5.74) is 0. The first kappa shape index (κ1) is 25.5. The number of aliphatic hydroxyl groups is 4. The lowest BCUT2D eigenvalue weighted by Gasteiger charge is -2.40. The highest BCUT2D eigenvalue weighted by molar-refractivity contribution is 4.92. The minimum absolute atomic E-state index is 0.434. The molecule has 0 spiro atoms. The van der Waals surface area contributed by atoms with Crippen molar-refractivity contribution in [1.29, 1.82) is 0 Å². The van der Waals surface area contributed by atoms with E-state index in [-0.39, 0.29) is 0 Å². The molecule has 1 saturated heterocycles. The summed E-state index contributed by atoms with van der Waals surface area (Å²) >= 11 is 0. The van der Waals surface area contributed by atoms with E-state index in [0.717, 1.165) is 12.8 Å². The van der Waals surface area contributed by atoms with E-state index in [2.05, 4.69) is 24.4 Å². The molecular formula is C22H43NO5. The smallest absolute Gasteiger partial charge is 0.173 e. The van der Waals surface area contributed by atoms with Crippen LogP contribution in [-0.4, -0.2) is 64.2 Å². The molecule has 0 amide bonds. The van der Waals surface area contributed by atoms with Crippen LogP contribution in [0.2, 0.25) is 0 Å². The quantitative estimate of drug-likeness (QED) is 0.201. The summed E-state index contributed by atoms with van der Waals surface area (Å²) < 4.78 is 5.13. The first-order valence-corrected chi connectivity index (χ1v) is 11.3. The number of nitrogens with one attached hydrogen (secondary N) is 1. The SMILES string of the molecule is CCCCCC/C=C\CCCCCCCCN[C@H]1C(O)O[C@H](CO)[C@@H](O)[C@@H]1O. The van der Waals surface area contributed by atoms with Crippen molar-refractivity contribution >= 4 is 0 Å². The second kappa shape index (κ2) is 16.3. The van der Waals surface area contributed by atoms with Gasteiger partial charge in [-0.1, -0.05) is 64.0 Å². The molecule has 0 aromatic rings. The summed E-state index contributed by atoms with van der Waals surface area (Å²) in [5.74, 6) is 0. The van der Waals surface area contributed by atoms with Crippen molar-refractivity contribution in [3.05, 3.63) is 12.2 Å². The van der Waals surface area contributed by atoms with Gasteiger partial charge in [0.15, 0.2) is 6.29 Å². The zero-order chi connectivity index (χ0) is 20.6. The zero-order valence-corrected chi connectivity index (χ0v) is 17.6. The highest BCUT2D eigenvalue weighted by Crippen LogP contribution is 2.19. The fraction of sp³-hybridized carbons (Fsp3) is 0.909. The van der Waals surface area contributed by atoms with E-state index in [1.807, 2.05) is 0 Å². The first-order chi connectivity index (χ1) is 13.6. The molecule has 6 heteroatoms. The maximum absolute atomic E-state index is 10.1. The van der Waals surface area contributed by atoms with Crippen molar-refractivity contribution < 1.29 is 25.2 Å². The van der Waals surface area contributed by atoms with E-state index in [0.29, 0.717) is 6.54 Å². The fourth-order valence-corrected chi connectivity index (χ4v) is 3.61. The molecule has 0 aliphatic carbocycles. The normalized spacial score (nSPS) is 28.2. The van der Waals surface area contributed by atoms with Gasteiger partial charge in [-0.3, -0.25) is 0 Å². The number of unbranched alkanes of at least 4 members (excludes halogenated alkanes) is 10. The van der Waals surface area contributed by atoms with E-state index >= 15 is 0 Å². The number of rotatable bonds is 16. The van der Waals surface area contributed by atoms with Gasteiger partial charge in [-0.2, -0.15) is 0 Å². The van der Waals surface area contributed by atoms with Gasteiger partial charge in [-0.05, 0) is 38.6 Å². The minimum Gasteiger partial charge on any atom is -0.394 e. The first-order valence-electron chi connectivity index (χ1n) is 11.3. The van der Waals surface area contributed by atoms with E-state index in [9.17, 15) is 15.3 Å². The number of ether oxygens (including phenoxy) is 1. The van der Waals surface area contributed by atoms with Gasteiger partial charge in [0, 0.05) is 0 Å². The molecule has 0 aromatic carbocycles. The van der Waals surface area contributed by atoms with Gasteiger partial charge in [0.2, 0.25) is 0 Å². The van der Waals surface area contributed by atoms with E-state index in [1.54, 1.807) is 0 Å². The van der Waals surface area contributed by atoms with Crippen LogP contribution in [-0.2, 0) is 4.74 Å². The average molecular weight is 402 g/mol. The molecule has 1 aliphatic rings. The molecule has 1 rings (SSSR count). The highest BCUT2D eigenvalue weighted by atomic mass is 16.6. The summed E-state index contributed by atoms with van der Waals surface area (Å²) in [6.45, 7) is 2.46. The summed E-state index contributed by atoms with van der Waals surface area (Å²) in [6.07, 6.45) is 14.9. The van der Waals surface area contributed by atoms with Crippen LogP contribution in [0.15, 0.2) is 12.2 Å². The maximum Gasteiger partial charge on any atom is 0.173 e. The van der Waals surface area contributed by atoms with E-state index in [4.69, 9.17) is 9.84 Å². The molecule has 166 valence electrons. The Morgan fingerprint density at radius 1 is 0.786 bits per heavy atom. The topological polar surface area (TPSA) is 102 Å². The lowest BCUT2D eigenvalue weighted by molar-refractivity contribution is -0.254. The molecule has 6 nitrogen and oxygen atoms in total. The molecule has 0 saturated carbocycles. The number of hydrogen-bond acceptors (Lipinski definition) is 6. The molecule has 5 N–H and O–H groups in total. The molecule has 1 fully saturated rings. The van der Waals surface area contributed by atoms with Crippen molar-refractivity contribution in [3.8, 4) is 0 Å². The molecule has 1 aliphatic heterocycles. The molecule has 5 atom stereocenters. The summed E-state index contributed by atoms with van der Waals surface area (Å²) in [4.78, 5) is 0. The number of hydrogen-bond donors (Lipinski definition) is 5. The Bertz CT molecular complexity index is 393. The Kier molecular flexibility index (Phi) is 14.9. The van der Waals surface area contributed by atoms with Gasteiger partial charge in [-0.15, -0.1) is 0 Å². The van der Waals surface area contributed by atoms with Gasteiger partial charge in [0.05, 0.1) is 12.6 Å². The van der Waals surface area contributed by atoms with Gasteiger partial charge >= 0.3 is 0 Å². The van der Waals surface area contributed by atoms with Gasteiger partial charge in [0.25, 0.3) is 0 Å². The maximum atomic E-state index is 10.1. The van der Waals surface area contributed by atoms with E-state index in [1.165, 1.54) is 64.2 Å². The van der Waals surface area contributed by atoms with Crippen LogP contribution in [0.5, 0.6) is 0 Å². The molecule has 1 unspecified atom stereocenters. The fourth-order valence-electron chi connectivity index (χ4n) is 3.61. The van der Waals surface area contributed by atoms with Crippen molar-refractivity contribution in [2.24, 2.45) is 0 Å². The third-order valence-corrected chi connectivity index (χ3v) is 5.47. The predicted octanol–water partition coefficient (Wildman–Crippen LogP) is 2.63. The largest absolute Gasteiger partial charge is 0.394 e. The van der Waals surface area contributed by atoms with Gasteiger partial charge in [-0.25, -0.2) is 0 Å². The van der Waals surface area contributed by atoms with Gasteiger partial charge in [0.1, 0.15) is 18.3 Å². The highest BCUT2D eigenvalue weighted by Gasteiger charge is 2.43. The molecule has 1 heterocycles. The third-order valence-electron chi connectivity index (χ3n) is 5.47. The monoisotopic (exact) mass is 401 g/mol. The van der Waals surface area contributed by atoms with Crippen LogP contribution in [0.3, 0.4) is 0 Å². The van der Waals surface area contributed by atoms with Crippen LogP contribution in [0.25, 0.3) is 0 Å². The molecule has 0 aromatic heterocycles. The average Bonchev–Trinajstić information content (AvgIpc) is 2.69. The third kappa shape index (κ3) is 10.3. The van der Waals surface area contributed by atoms with E-state index < -0.39 is 37.3 Å². The number of aliphatic hydroxyl groups excluding tert-OH is 4. The standard InChI is InChI=1S/C22H43NO5/c1-2-3-4-5-6-7-8-9-10-11-12-13-14-15-16-23-19-21(26)20(25)18(17-24)28-22(19)27/h7-8,18-27H,2-6,9-17H2,1H3/b8-7-/t18-,19-,20-,21-,22?/m1/s1. The lowest BCUT2D eigenvalue weighted by atomic mass is 9.97. The second-order valence-electron chi connectivity index (χ2n) is 7.94. The summed E-state index contributed by atoms with van der Waals surface area (Å²) in [5, 5.41) is 41.9. The van der Waals surface area contributed by atoms with Crippen LogP contribution >= 0.6 is 0 Å². The van der Waals surface area contributed by atoms with Crippen LogP contribution in [0.1, 0.15) is 84.0 Å². The minimum atomic E-state index is -1.23. The summed E-state index contributed by atoms with van der Waals surface area (Å²) in [7, 11) is 0. The second-order valence-corrected chi connectivity index (χ2v) is 7.94. The van der Waals surface area contributed by atoms with Gasteiger partial charge < -0.3 is 30.5 Å². The van der Waals surface area contributed by atoms with Crippen molar-refractivity contribution in [3.63, 3.8) is 0 Å².